The van der Waals surface area contributed by atoms with Gasteiger partial charge in [-0.3, -0.25) is 0 Å². The van der Waals surface area contributed by atoms with Gasteiger partial charge in [-0.1, -0.05) is 6.92 Å². The van der Waals surface area contributed by atoms with E-state index >= 15 is 0 Å². The molecule has 0 fully saturated rings. The van der Waals surface area contributed by atoms with Crippen LogP contribution in [0.3, 0.4) is 0 Å². The normalized spacial score (nSPS) is 12.0. The van der Waals surface area contributed by atoms with Gasteiger partial charge < -0.3 is 14.0 Å². The number of rotatable bonds is 7. The Balaban J connectivity index is 2.12. The summed E-state index contributed by atoms with van der Waals surface area (Å²) in [6, 6.07) is 8.45. The third-order valence-electron chi connectivity index (χ3n) is 3.72. The lowest BCUT2D eigenvalue weighted by molar-refractivity contribution is 0.0123. The second kappa shape index (κ2) is 6.31. The molecule has 0 aliphatic rings. The van der Waals surface area contributed by atoms with Crippen molar-refractivity contribution < 1.29 is 9.47 Å². The van der Waals surface area contributed by atoms with Gasteiger partial charge in [0.25, 0.3) is 0 Å². The van der Waals surface area contributed by atoms with Crippen molar-refractivity contribution in [3.63, 3.8) is 0 Å². The summed E-state index contributed by atoms with van der Waals surface area (Å²) >= 11 is 0. The van der Waals surface area contributed by atoms with Gasteiger partial charge in [0.1, 0.15) is 5.75 Å². The topological polar surface area (TPSA) is 23.4 Å². The van der Waals surface area contributed by atoms with Gasteiger partial charge in [0.15, 0.2) is 0 Å². The Kier molecular flexibility index (Phi) is 4.71. The summed E-state index contributed by atoms with van der Waals surface area (Å²) in [5, 5.41) is 1.23. The van der Waals surface area contributed by atoms with Crippen molar-refractivity contribution in [3.8, 4) is 5.75 Å². The second-order valence-electron chi connectivity index (χ2n) is 5.79. The van der Waals surface area contributed by atoms with Crippen LogP contribution in [0.2, 0.25) is 0 Å². The molecule has 0 saturated heterocycles. The van der Waals surface area contributed by atoms with E-state index in [9.17, 15) is 0 Å². The molecule has 0 radical (unpaired) electrons. The molecule has 2 rings (SSSR count). The van der Waals surface area contributed by atoms with Crippen LogP contribution in [-0.4, -0.2) is 23.9 Å². The van der Waals surface area contributed by atoms with E-state index in [0.717, 1.165) is 31.7 Å². The summed E-state index contributed by atoms with van der Waals surface area (Å²) in [5.74, 6) is 0.953. The zero-order valence-electron chi connectivity index (χ0n) is 13.0. The van der Waals surface area contributed by atoms with Gasteiger partial charge in [-0.05, 0) is 51.0 Å². The predicted molar refractivity (Wildman–Crippen MR) is 83.4 cm³/mol. The first-order valence-corrected chi connectivity index (χ1v) is 7.32. The average Bonchev–Trinajstić information content (AvgIpc) is 2.85. The van der Waals surface area contributed by atoms with Crippen LogP contribution in [0.25, 0.3) is 10.9 Å². The molecule has 110 valence electrons. The van der Waals surface area contributed by atoms with Crippen molar-refractivity contribution in [1.82, 2.24) is 4.57 Å². The lowest BCUT2D eigenvalue weighted by Crippen LogP contribution is -2.24. The van der Waals surface area contributed by atoms with Crippen molar-refractivity contribution >= 4 is 10.9 Å². The van der Waals surface area contributed by atoms with Crippen molar-refractivity contribution in [2.75, 3.05) is 13.7 Å². The fourth-order valence-corrected chi connectivity index (χ4v) is 2.17. The molecule has 0 aliphatic carbocycles. The van der Waals surface area contributed by atoms with Gasteiger partial charge in [-0.2, -0.15) is 0 Å². The number of methoxy groups -OCH3 is 1. The summed E-state index contributed by atoms with van der Waals surface area (Å²) in [4.78, 5) is 0. The summed E-state index contributed by atoms with van der Waals surface area (Å²) in [7, 11) is 1.77. The van der Waals surface area contributed by atoms with Gasteiger partial charge >= 0.3 is 0 Å². The number of aryl methyl sites for hydroxylation is 1. The summed E-state index contributed by atoms with van der Waals surface area (Å²) in [6.07, 6.45) is 4.16. The molecule has 1 heterocycles. The molecule has 20 heavy (non-hydrogen) atoms. The maximum Gasteiger partial charge on any atom is 0.120 e. The van der Waals surface area contributed by atoms with Crippen LogP contribution in [0.1, 0.15) is 33.6 Å². The zero-order valence-corrected chi connectivity index (χ0v) is 13.0. The van der Waals surface area contributed by atoms with Crippen LogP contribution in [-0.2, 0) is 11.3 Å². The van der Waals surface area contributed by atoms with Crippen LogP contribution in [0, 0.1) is 0 Å². The van der Waals surface area contributed by atoms with Crippen molar-refractivity contribution in [1.29, 1.82) is 0 Å². The summed E-state index contributed by atoms with van der Waals surface area (Å²) in [6.45, 7) is 8.09. The maximum atomic E-state index is 5.67. The fourth-order valence-electron chi connectivity index (χ4n) is 2.17. The first-order chi connectivity index (χ1) is 9.55. The number of ether oxygens (including phenoxy) is 2. The Labute approximate surface area is 121 Å². The van der Waals surface area contributed by atoms with Crippen LogP contribution in [0.5, 0.6) is 5.75 Å². The Morgan fingerprint density at radius 1 is 1.20 bits per heavy atom. The van der Waals surface area contributed by atoms with Gasteiger partial charge in [-0.25, -0.2) is 0 Å². The molecular formula is C17H25NO2. The van der Waals surface area contributed by atoms with E-state index in [2.05, 4.69) is 55.8 Å². The molecule has 2 aromatic rings. The number of nitrogens with zero attached hydrogens (tertiary/aromatic N) is 1. The molecule has 3 heteroatoms. The Morgan fingerprint density at radius 2 is 2.00 bits per heavy atom. The molecule has 1 aromatic carbocycles. The smallest absolute Gasteiger partial charge is 0.120 e. The lowest BCUT2D eigenvalue weighted by Gasteiger charge is -2.23. The molecule has 0 saturated carbocycles. The average molecular weight is 275 g/mol. The van der Waals surface area contributed by atoms with Gasteiger partial charge in [0.05, 0.1) is 12.2 Å². The molecule has 3 nitrogen and oxygen atoms in total. The highest BCUT2D eigenvalue weighted by Gasteiger charge is 2.16. The number of hydrogen-bond acceptors (Lipinski definition) is 2. The second-order valence-corrected chi connectivity index (χ2v) is 5.79. The van der Waals surface area contributed by atoms with Gasteiger partial charge in [0.2, 0.25) is 0 Å². The molecule has 0 amide bonds. The van der Waals surface area contributed by atoms with Gasteiger partial charge in [0, 0.05) is 30.8 Å². The summed E-state index contributed by atoms with van der Waals surface area (Å²) < 4.78 is 13.4. The van der Waals surface area contributed by atoms with E-state index in [0.29, 0.717) is 0 Å². The van der Waals surface area contributed by atoms with Crippen molar-refractivity contribution in [2.45, 2.75) is 45.8 Å². The number of aromatic nitrogens is 1. The van der Waals surface area contributed by atoms with Crippen LogP contribution in [0.4, 0.5) is 0 Å². The Hall–Kier alpha value is -1.48. The van der Waals surface area contributed by atoms with Crippen LogP contribution < -0.4 is 4.74 Å². The molecule has 0 bridgehead atoms. The quantitative estimate of drug-likeness (QED) is 0.754. The molecule has 0 atom stereocenters. The molecular weight excluding hydrogens is 250 g/mol. The first kappa shape index (κ1) is 14.9. The van der Waals surface area contributed by atoms with E-state index in [1.165, 1.54) is 10.9 Å². The standard InChI is InChI=1S/C17H25NO2/c1-5-12-20-15-6-7-16-14(13-15)8-10-18(16)11-9-17(2,3)19-4/h6-8,10,13H,5,9,11-12H2,1-4H3. The van der Waals surface area contributed by atoms with E-state index in [1.807, 2.05) is 0 Å². The van der Waals surface area contributed by atoms with E-state index < -0.39 is 0 Å². The van der Waals surface area contributed by atoms with Crippen LogP contribution >= 0.6 is 0 Å². The number of fused-ring (bicyclic) bond motifs is 1. The maximum absolute atomic E-state index is 5.67. The molecule has 0 unspecified atom stereocenters. The molecule has 0 spiro atoms. The SMILES string of the molecule is CCCOc1ccc2c(ccn2CCC(C)(C)OC)c1. The van der Waals surface area contributed by atoms with E-state index in [1.54, 1.807) is 7.11 Å². The Bertz CT molecular complexity index is 557. The largest absolute Gasteiger partial charge is 0.494 e. The molecule has 1 aromatic heterocycles. The molecule has 0 N–H and O–H groups in total. The van der Waals surface area contributed by atoms with Crippen molar-refractivity contribution in [3.05, 3.63) is 30.5 Å². The lowest BCUT2D eigenvalue weighted by atomic mass is 10.1. The highest BCUT2D eigenvalue weighted by atomic mass is 16.5. The zero-order chi connectivity index (χ0) is 14.6. The van der Waals surface area contributed by atoms with E-state index in [4.69, 9.17) is 9.47 Å². The third-order valence-corrected chi connectivity index (χ3v) is 3.72. The monoisotopic (exact) mass is 275 g/mol. The highest BCUT2D eigenvalue weighted by molar-refractivity contribution is 5.81. The number of hydrogen-bond donors (Lipinski definition) is 0. The first-order valence-electron chi connectivity index (χ1n) is 7.32. The van der Waals surface area contributed by atoms with Crippen LogP contribution in [0.15, 0.2) is 30.5 Å². The third kappa shape index (κ3) is 3.54. The van der Waals surface area contributed by atoms with E-state index in [-0.39, 0.29) is 5.60 Å². The predicted octanol–water partition coefficient (Wildman–Crippen LogP) is 4.25. The minimum Gasteiger partial charge on any atom is -0.494 e. The number of benzene rings is 1. The minimum absolute atomic E-state index is 0.0826. The van der Waals surface area contributed by atoms with Crippen molar-refractivity contribution in [2.24, 2.45) is 0 Å². The fraction of sp³-hybridized carbons (Fsp3) is 0.529. The Morgan fingerprint density at radius 3 is 2.70 bits per heavy atom. The minimum atomic E-state index is -0.0826. The molecule has 0 aliphatic heterocycles. The summed E-state index contributed by atoms with van der Waals surface area (Å²) in [5.41, 5.74) is 1.17. The van der Waals surface area contributed by atoms with Gasteiger partial charge in [-0.15, -0.1) is 0 Å². The highest BCUT2D eigenvalue weighted by Crippen LogP contribution is 2.24.